The molecule has 0 saturated heterocycles. The van der Waals surface area contributed by atoms with Gasteiger partial charge >= 0.3 is 17.9 Å². The summed E-state index contributed by atoms with van der Waals surface area (Å²) in [5.74, 6) is -2.44. The molecule has 0 spiro atoms. The number of hydrogen-bond donors (Lipinski definition) is 1. The number of allylic oxidation sites excluding steroid dienone is 2. The molecule has 136 valence electrons. The molecule has 0 aromatic heterocycles. The van der Waals surface area contributed by atoms with Crippen molar-refractivity contribution in [3.8, 4) is 5.75 Å². The van der Waals surface area contributed by atoms with E-state index in [9.17, 15) is 19.5 Å². The second-order valence-electron chi connectivity index (χ2n) is 5.00. The van der Waals surface area contributed by atoms with Gasteiger partial charge in [-0.1, -0.05) is 6.08 Å². The average molecular weight is 359 g/mol. The zero-order chi connectivity index (χ0) is 19.3. The molecular formula is C18H17NO7. The van der Waals surface area contributed by atoms with Crippen molar-refractivity contribution in [1.29, 1.82) is 0 Å². The molecule has 0 unspecified atom stereocenters. The van der Waals surface area contributed by atoms with Crippen LogP contribution in [0.4, 0.5) is 5.69 Å². The molecule has 1 N–H and O–H groups in total. The van der Waals surface area contributed by atoms with Gasteiger partial charge in [-0.2, -0.15) is 0 Å². The first-order valence-corrected chi connectivity index (χ1v) is 7.41. The summed E-state index contributed by atoms with van der Waals surface area (Å²) in [7, 11) is 3.76. The Kier molecular flexibility index (Phi) is 5.79. The number of carbonyl (C=O) groups excluding carboxylic acids is 2. The lowest BCUT2D eigenvalue weighted by Crippen LogP contribution is -2.28. The quantitative estimate of drug-likeness (QED) is 0.795. The highest BCUT2D eigenvalue weighted by atomic mass is 16.5. The van der Waals surface area contributed by atoms with Gasteiger partial charge in [-0.25, -0.2) is 14.4 Å². The van der Waals surface area contributed by atoms with E-state index >= 15 is 0 Å². The summed E-state index contributed by atoms with van der Waals surface area (Å²) in [5, 5.41) is 9.50. The van der Waals surface area contributed by atoms with E-state index in [0.29, 0.717) is 5.75 Å². The summed E-state index contributed by atoms with van der Waals surface area (Å²) in [6, 6.07) is 4.27. The van der Waals surface area contributed by atoms with Crippen LogP contribution in [0.5, 0.6) is 5.75 Å². The Morgan fingerprint density at radius 1 is 1.00 bits per heavy atom. The largest absolute Gasteiger partial charge is 0.497 e. The highest BCUT2D eigenvalue weighted by Crippen LogP contribution is 2.32. The lowest BCUT2D eigenvalue weighted by Gasteiger charge is -2.24. The van der Waals surface area contributed by atoms with Crippen molar-refractivity contribution in [3.63, 3.8) is 0 Å². The standard InChI is InChI=1S/C18H17NO7/c1-24-11-7-8-12(16(20)21)14(10-11)19-9-5-4-6-13(17(22)25-2)15(19)18(23)26-3/h4-10H,1-3H3,(H,20,21). The first-order chi connectivity index (χ1) is 12.4. The number of aromatic carboxylic acids is 1. The van der Waals surface area contributed by atoms with E-state index < -0.39 is 17.9 Å². The number of methoxy groups -OCH3 is 3. The Morgan fingerprint density at radius 3 is 2.27 bits per heavy atom. The third-order valence-electron chi connectivity index (χ3n) is 3.58. The van der Waals surface area contributed by atoms with Crippen molar-refractivity contribution >= 4 is 23.6 Å². The van der Waals surface area contributed by atoms with E-state index in [0.717, 1.165) is 7.11 Å². The van der Waals surface area contributed by atoms with Crippen molar-refractivity contribution < 1.29 is 33.7 Å². The summed E-state index contributed by atoms with van der Waals surface area (Å²) in [4.78, 5) is 37.4. The molecule has 0 saturated carbocycles. The zero-order valence-corrected chi connectivity index (χ0v) is 14.4. The van der Waals surface area contributed by atoms with Crippen LogP contribution in [0.1, 0.15) is 10.4 Å². The van der Waals surface area contributed by atoms with Gasteiger partial charge in [0.05, 0.1) is 38.2 Å². The molecule has 0 atom stereocenters. The van der Waals surface area contributed by atoms with Gasteiger partial charge < -0.3 is 24.2 Å². The first-order valence-electron chi connectivity index (χ1n) is 7.41. The van der Waals surface area contributed by atoms with E-state index in [4.69, 9.17) is 14.2 Å². The maximum absolute atomic E-state index is 12.4. The molecular weight excluding hydrogens is 342 g/mol. The van der Waals surface area contributed by atoms with E-state index in [-0.39, 0.29) is 22.5 Å². The van der Waals surface area contributed by atoms with Crippen LogP contribution in [-0.2, 0) is 19.1 Å². The first kappa shape index (κ1) is 18.8. The van der Waals surface area contributed by atoms with E-state index in [1.807, 2.05) is 0 Å². The number of esters is 2. The van der Waals surface area contributed by atoms with Gasteiger partial charge in [0.2, 0.25) is 0 Å². The van der Waals surface area contributed by atoms with Gasteiger partial charge in [0.25, 0.3) is 0 Å². The van der Waals surface area contributed by atoms with Crippen molar-refractivity contribution in [3.05, 3.63) is 59.5 Å². The van der Waals surface area contributed by atoms with Crippen LogP contribution >= 0.6 is 0 Å². The van der Waals surface area contributed by atoms with Crippen LogP contribution in [-0.4, -0.2) is 44.3 Å². The summed E-state index contributed by atoms with van der Waals surface area (Å²) in [6.07, 6.45) is 5.90. The van der Waals surface area contributed by atoms with Crippen LogP contribution in [0.25, 0.3) is 0 Å². The van der Waals surface area contributed by atoms with Gasteiger partial charge in [0.1, 0.15) is 11.4 Å². The molecule has 8 heteroatoms. The fourth-order valence-corrected chi connectivity index (χ4v) is 2.37. The number of carbonyl (C=O) groups is 3. The van der Waals surface area contributed by atoms with Gasteiger partial charge in [-0.15, -0.1) is 0 Å². The molecule has 1 heterocycles. The monoisotopic (exact) mass is 359 g/mol. The number of carboxylic acid groups (broad SMARTS) is 1. The highest BCUT2D eigenvalue weighted by molar-refractivity contribution is 6.07. The number of rotatable bonds is 5. The van der Waals surface area contributed by atoms with E-state index in [1.165, 1.54) is 55.7 Å². The molecule has 2 rings (SSSR count). The predicted octanol–water partition coefficient (Wildman–Crippen LogP) is 1.88. The molecule has 0 aliphatic carbocycles. The topological polar surface area (TPSA) is 102 Å². The van der Waals surface area contributed by atoms with Gasteiger partial charge in [0, 0.05) is 12.3 Å². The summed E-state index contributed by atoms with van der Waals surface area (Å²) < 4.78 is 14.7. The molecule has 1 aromatic rings. The number of anilines is 1. The molecule has 0 radical (unpaired) electrons. The SMILES string of the molecule is COC(=O)C1=C(C(=O)OC)N(c2cc(OC)ccc2C(=O)O)C=CC=C1. The van der Waals surface area contributed by atoms with Gasteiger partial charge in [-0.05, 0) is 24.3 Å². The van der Waals surface area contributed by atoms with Crippen molar-refractivity contribution in [2.24, 2.45) is 0 Å². The molecule has 0 amide bonds. The fraction of sp³-hybridized carbons (Fsp3) is 0.167. The molecule has 26 heavy (non-hydrogen) atoms. The Morgan fingerprint density at radius 2 is 1.69 bits per heavy atom. The average Bonchev–Trinajstić information content (AvgIpc) is 2.88. The fourth-order valence-electron chi connectivity index (χ4n) is 2.37. The zero-order valence-electron chi connectivity index (χ0n) is 14.4. The number of benzene rings is 1. The molecule has 1 aromatic carbocycles. The normalized spacial score (nSPS) is 13.3. The second kappa shape index (κ2) is 8.02. The second-order valence-corrected chi connectivity index (χ2v) is 5.00. The van der Waals surface area contributed by atoms with Gasteiger partial charge in [0.15, 0.2) is 0 Å². The lowest BCUT2D eigenvalue weighted by molar-refractivity contribution is -0.139. The van der Waals surface area contributed by atoms with Crippen LogP contribution in [0.2, 0.25) is 0 Å². The summed E-state index contributed by atoms with van der Waals surface area (Å²) in [6.45, 7) is 0. The Balaban J connectivity index is 2.79. The number of carboxylic acids is 1. The Bertz CT molecular complexity index is 836. The van der Waals surface area contributed by atoms with E-state index in [1.54, 1.807) is 6.08 Å². The van der Waals surface area contributed by atoms with Crippen LogP contribution in [0.15, 0.2) is 53.9 Å². The molecule has 1 aliphatic rings. The maximum Gasteiger partial charge on any atom is 0.355 e. The van der Waals surface area contributed by atoms with E-state index in [2.05, 4.69) is 0 Å². The molecule has 0 bridgehead atoms. The van der Waals surface area contributed by atoms with Crippen LogP contribution in [0, 0.1) is 0 Å². The van der Waals surface area contributed by atoms with Crippen LogP contribution < -0.4 is 9.64 Å². The number of nitrogens with zero attached hydrogens (tertiary/aromatic N) is 1. The van der Waals surface area contributed by atoms with Crippen molar-refractivity contribution in [2.75, 3.05) is 26.2 Å². The maximum atomic E-state index is 12.4. The molecule has 0 fully saturated rings. The minimum Gasteiger partial charge on any atom is -0.497 e. The predicted molar refractivity (Wildman–Crippen MR) is 91.8 cm³/mol. The summed E-state index contributed by atoms with van der Waals surface area (Å²) >= 11 is 0. The Hall–Kier alpha value is -3.55. The van der Waals surface area contributed by atoms with Crippen molar-refractivity contribution in [2.45, 2.75) is 0 Å². The third kappa shape index (κ3) is 3.59. The van der Waals surface area contributed by atoms with Gasteiger partial charge in [-0.3, -0.25) is 0 Å². The summed E-state index contributed by atoms with van der Waals surface area (Å²) in [5.41, 5.74) is -0.231. The highest BCUT2D eigenvalue weighted by Gasteiger charge is 2.29. The number of ether oxygens (including phenoxy) is 3. The number of hydrogen-bond acceptors (Lipinski definition) is 7. The third-order valence-corrected chi connectivity index (χ3v) is 3.58. The smallest absolute Gasteiger partial charge is 0.355 e. The molecule has 1 aliphatic heterocycles. The van der Waals surface area contributed by atoms with Crippen molar-refractivity contribution in [1.82, 2.24) is 0 Å². The minimum absolute atomic E-state index is 0.0801. The Labute approximate surface area is 149 Å². The lowest BCUT2D eigenvalue weighted by atomic mass is 10.1. The van der Waals surface area contributed by atoms with Crippen LogP contribution in [0.3, 0.4) is 0 Å². The minimum atomic E-state index is -1.21. The molecule has 8 nitrogen and oxygen atoms in total.